The van der Waals surface area contributed by atoms with Crippen molar-refractivity contribution in [1.29, 1.82) is 0 Å². The highest BCUT2D eigenvalue weighted by Crippen LogP contribution is 2.26. The maximum absolute atomic E-state index is 12.4. The van der Waals surface area contributed by atoms with Crippen LogP contribution in [0, 0.1) is 6.92 Å². The SMILES string of the molecule is COc1ccc(-c2nc(C(=O)OCc3csc(CC(=O)Nc4ccc(C)cc4)n3)cs2)cc1. The zero-order valence-electron chi connectivity index (χ0n) is 18.0. The van der Waals surface area contributed by atoms with E-state index in [1.54, 1.807) is 17.9 Å². The van der Waals surface area contributed by atoms with E-state index in [1.165, 1.54) is 22.7 Å². The van der Waals surface area contributed by atoms with Gasteiger partial charge in [-0.3, -0.25) is 4.79 Å². The highest BCUT2D eigenvalue weighted by atomic mass is 32.1. The molecule has 33 heavy (non-hydrogen) atoms. The van der Waals surface area contributed by atoms with Crippen molar-refractivity contribution in [3.8, 4) is 16.3 Å². The zero-order chi connectivity index (χ0) is 23.2. The van der Waals surface area contributed by atoms with Crippen molar-refractivity contribution in [2.24, 2.45) is 0 Å². The molecule has 0 fully saturated rings. The molecule has 0 saturated carbocycles. The van der Waals surface area contributed by atoms with E-state index in [4.69, 9.17) is 9.47 Å². The summed E-state index contributed by atoms with van der Waals surface area (Å²) in [7, 11) is 1.61. The molecule has 9 heteroatoms. The van der Waals surface area contributed by atoms with E-state index >= 15 is 0 Å². The van der Waals surface area contributed by atoms with Gasteiger partial charge < -0.3 is 14.8 Å². The number of rotatable bonds is 8. The van der Waals surface area contributed by atoms with E-state index in [0.29, 0.717) is 10.7 Å². The Kier molecular flexibility index (Phi) is 7.11. The maximum atomic E-state index is 12.4. The molecule has 0 spiro atoms. The van der Waals surface area contributed by atoms with Crippen LogP contribution in [0.4, 0.5) is 5.69 Å². The smallest absolute Gasteiger partial charge is 0.358 e. The first-order valence-electron chi connectivity index (χ1n) is 10.1. The number of ether oxygens (including phenoxy) is 2. The normalized spacial score (nSPS) is 10.6. The minimum atomic E-state index is -0.516. The number of carbonyl (C=O) groups excluding carboxylic acids is 2. The Labute approximate surface area is 199 Å². The standard InChI is InChI=1S/C24H21N3O4S2/c1-15-3-7-17(8-4-15)25-21(28)11-22-26-18(13-32-22)12-31-24(29)20-14-33-23(27-20)16-5-9-19(30-2)10-6-16/h3-10,13-14H,11-12H2,1-2H3,(H,25,28). The number of thiazole rings is 2. The Balaban J connectivity index is 1.29. The van der Waals surface area contributed by atoms with Crippen LogP contribution in [0.5, 0.6) is 5.75 Å². The van der Waals surface area contributed by atoms with Gasteiger partial charge >= 0.3 is 5.97 Å². The second-order valence-electron chi connectivity index (χ2n) is 7.17. The number of nitrogens with one attached hydrogen (secondary N) is 1. The third-order valence-electron chi connectivity index (χ3n) is 4.65. The average Bonchev–Trinajstić information content (AvgIpc) is 3.49. The van der Waals surface area contributed by atoms with Gasteiger partial charge in [0, 0.05) is 22.0 Å². The molecular weight excluding hydrogens is 458 g/mol. The first kappa shape index (κ1) is 22.6. The summed E-state index contributed by atoms with van der Waals surface area (Å²) in [6, 6.07) is 15.1. The van der Waals surface area contributed by atoms with Gasteiger partial charge in [-0.1, -0.05) is 17.7 Å². The molecule has 4 aromatic rings. The van der Waals surface area contributed by atoms with Crippen LogP contribution in [0.15, 0.2) is 59.3 Å². The summed E-state index contributed by atoms with van der Waals surface area (Å²) in [5.41, 5.74) is 3.61. The van der Waals surface area contributed by atoms with Gasteiger partial charge in [0.05, 0.1) is 19.2 Å². The summed E-state index contributed by atoms with van der Waals surface area (Å²) in [5, 5.41) is 7.68. The van der Waals surface area contributed by atoms with Gasteiger partial charge in [0.15, 0.2) is 5.69 Å². The Morgan fingerprint density at radius 2 is 1.73 bits per heavy atom. The van der Waals surface area contributed by atoms with Gasteiger partial charge in [-0.15, -0.1) is 22.7 Å². The highest BCUT2D eigenvalue weighted by molar-refractivity contribution is 7.13. The lowest BCUT2D eigenvalue weighted by atomic mass is 10.2. The van der Waals surface area contributed by atoms with E-state index in [2.05, 4.69) is 15.3 Å². The fourth-order valence-electron chi connectivity index (χ4n) is 2.92. The van der Waals surface area contributed by atoms with Crippen molar-refractivity contribution in [3.63, 3.8) is 0 Å². The summed E-state index contributed by atoms with van der Waals surface area (Å²) in [4.78, 5) is 33.4. The molecule has 0 bridgehead atoms. The number of amides is 1. The largest absolute Gasteiger partial charge is 0.497 e. The molecule has 168 valence electrons. The van der Waals surface area contributed by atoms with Crippen LogP contribution in [-0.4, -0.2) is 29.0 Å². The maximum Gasteiger partial charge on any atom is 0.358 e. The number of aryl methyl sites for hydroxylation is 1. The van der Waals surface area contributed by atoms with Crippen LogP contribution in [0.1, 0.15) is 26.8 Å². The van der Waals surface area contributed by atoms with Gasteiger partial charge in [0.25, 0.3) is 0 Å². The molecule has 0 aliphatic carbocycles. The number of carbonyl (C=O) groups is 2. The second kappa shape index (κ2) is 10.4. The molecule has 0 aliphatic rings. The van der Waals surface area contributed by atoms with Gasteiger partial charge in [-0.25, -0.2) is 14.8 Å². The Morgan fingerprint density at radius 1 is 0.970 bits per heavy atom. The molecule has 0 aliphatic heterocycles. The quantitative estimate of drug-likeness (QED) is 0.353. The molecule has 2 heterocycles. The number of hydrogen-bond donors (Lipinski definition) is 1. The van der Waals surface area contributed by atoms with Crippen molar-refractivity contribution in [3.05, 3.63) is 81.2 Å². The molecule has 1 N–H and O–H groups in total. The number of nitrogens with zero attached hydrogens (tertiary/aromatic N) is 2. The molecule has 0 radical (unpaired) electrons. The molecule has 0 saturated heterocycles. The van der Waals surface area contributed by atoms with Gasteiger partial charge in [0.2, 0.25) is 5.91 Å². The zero-order valence-corrected chi connectivity index (χ0v) is 19.7. The van der Waals surface area contributed by atoms with Crippen molar-refractivity contribution < 1.29 is 19.1 Å². The van der Waals surface area contributed by atoms with E-state index < -0.39 is 5.97 Å². The lowest BCUT2D eigenvalue weighted by Crippen LogP contribution is -2.14. The third-order valence-corrected chi connectivity index (χ3v) is 6.44. The average molecular weight is 480 g/mol. The predicted octanol–water partition coefficient (Wildman–Crippen LogP) is 5.12. The van der Waals surface area contributed by atoms with Gasteiger partial charge in [-0.2, -0.15) is 0 Å². The first-order valence-corrected chi connectivity index (χ1v) is 11.8. The minimum absolute atomic E-state index is 0.0182. The van der Waals surface area contributed by atoms with Crippen molar-refractivity contribution in [2.75, 3.05) is 12.4 Å². The summed E-state index contributed by atoms with van der Waals surface area (Å²) >= 11 is 2.72. The lowest BCUT2D eigenvalue weighted by Gasteiger charge is -2.04. The van der Waals surface area contributed by atoms with Crippen LogP contribution in [0.25, 0.3) is 10.6 Å². The highest BCUT2D eigenvalue weighted by Gasteiger charge is 2.15. The molecule has 2 aromatic heterocycles. The monoisotopic (exact) mass is 479 g/mol. The number of anilines is 1. The van der Waals surface area contributed by atoms with Crippen molar-refractivity contribution in [2.45, 2.75) is 20.0 Å². The molecular formula is C24H21N3O4S2. The summed E-state index contributed by atoms with van der Waals surface area (Å²) in [6.07, 6.45) is 0.157. The summed E-state index contributed by atoms with van der Waals surface area (Å²) < 4.78 is 10.5. The molecule has 2 aromatic carbocycles. The van der Waals surface area contributed by atoms with E-state index in [0.717, 1.165) is 27.6 Å². The van der Waals surface area contributed by atoms with Crippen LogP contribution in [0.3, 0.4) is 0 Å². The fraction of sp³-hybridized carbons (Fsp3) is 0.167. The number of benzene rings is 2. The first-order chi connectivity index (χ1) is 16.0. The summed E-state index contributed by atoms with van der Waals surface area (Å²) in [6.45, 7) is 2.01. The van der Waals surface area contributed by atoms with Crippen LogP contribution < -0.4 is 10.1 Å². The van der Waals surface area contributed by atoms with Crippen LogP contribution >= 0.6 is 22.7 Å². The molecule has 7 nitrogen and oxygen atoms in total. The minimum Gasteiger partial charge on any atom is -0.497 e. The Hall–Kier alpha value is -3.56. The van der Waals surface area contributed by atoms with E-state index in [1.807, 2.05) is 55.5 Å². The molecule has 4 rings (SSSR count). The number of methoxy groups -OCH3 is 1. The van der Waals surface area contributed by atoms with E-state index in [-0.39, 0.29) is 24.6 Å². The molecule has 1 amide bonds. The Bertz CT molecular complexity index is 1250. The van der Waals surface area contributed by atoms with Crippen LogP contribution in [0.2, 0.25) is 0 Å². The molecule has 0 unspecified atom stereocenters. The topological polar surface area (TPSA) is 90.4 Å². The van der Waals surface area contributed by atoms with Gasteiger partial charge in [-0.05, 0) is 43.3 Å². The van der Waals surface area contributed by atoms with Gasteiger partial charge in [0.1, 0.15) is 22.4 Å². The molecule has 0 atom stereocenters. The van der Waals surface area contributed by atoms with Crippen molar-refractivity contribution >= 4 is 40.2 Å². The third kappa shape index (κ3) is 6.03. The van der Waals surface area contributed by atoms with E-state index in [9.17, 15) is 9.59 Å². The second-order valence-corrected chi connectivity index (χ2v) is 8.97. The fourth-order valence-corrected chi connectivity index (χ4v) is 4.50. The lowest BCUT2D eigenvalue weighted by molar-refractivity contribution is -0.115. The number of hydrogen-bond acceptors (Lipinski definition) is 8. The predicted molar refractivity (Wildman–Crippen MR) is 129 cm³/mol. The number of aromatic nitrogens is 2. The Morgan fingerprint density at radius 3 is 2.45 bits per heavy atom. The van der Waals surface area contributed by atoms with Crippen molar-refractivity contribution in [1.82, 2.24) is 9.97 Å². The van der Waals surface area contributed by atoms with Crippen LogP contribution in [-0.2, 0) is 22.6 Å². The number of esters is 1. The summed E-state index contributed by atoms with van der Waals surface area (Å²) in [5.74, 6) is 0.0909.